The average Bonchev–Trinajstić information content (AvgIpc) is 2.71. The molecule has 1 unspecified atom stereocenters. The third kappa shape index (κ3) is 6.31. The molecule has 0 fully saturated rings. The van der Waals surface area contributed by atoms with Crippen LogP contribution in [0.3, 0.4) is 0 Å². The van der Waals surface area contributed by atoms with Gasteiger partial charge in [0.1, 0.15) is 11.6 Å². The normalized spacial score (nSPS) is 11.3. The zero-order chi connectivity index (χ0) is 21.4. The zero-order valence-corrected chi connectivity index (χ0v) is 16.5. The molecule has 0 aliphatic heterocycles. The summed E-state index contributed by atoms with van der Waals surface area (Å²) in [7, 11) is 1.44. The van der Waals surface area contributed by atoms with Gasteiger partial charge in [0, 0.05) is 17.2 Å². The van der Waals surface area contributed by atoms with E-state index in [0.29, 0.717) is 23.5 Å². The maximum absolute atomic E-state index is 13.3. The quantitative estimate of drug-likeness (QED) is 0.633. The van der Waals surface area contributed by atoms with Crippen LogP contribution < -0.4 is 20.7 Å². The molecule has 0 aromatic heterocycles. The van der Waals surface area contributed by atoms with E-state index in [-0.39, 0.29) is 23.9 Å². The van der Waals surface area contributed by atoms with Gasteiger partial charge in [-0.2, -0.15) is 0 Å². The molecular formula is C21H24FN3O4. The molecule has 0 spiro atoms. The van der Waals surface area contributed by atoms with Crippen molar-refractivity contribution < 1.29 is 23.5 Å². The number of carbonyl (C=O) groups excluding carboxylic acids is 3. The fourth-order valence-corrected chi connectivity index (χ4v) is 2.44. The van der Waals surface area contributed by atoms with Gasteiger partial charge >= 0.3 is 0 Å². The van der Waals surface area contributed by atoms with Crippen LogP contribution >= 0.6 is 0 Å². The van der Waals surface area contributed by atoms with E-state index in [4.69, 9.17) is 4.74 Å². The van der Waals surface area contributed by atoms with Gasteiger partial charge in [0.25, 0.3) is 5.91 Å². The third-order valence-electron chi connectivity index (χ3n) is 4.30. The molecule has 3 amide bonds. The maximum atomic E-state index is 13.3. The molecular weight excluding hydrogens is 377 g/mol. The van der Waals surface area contributed by atoms with E-state index in [1.807, 2.05) is 6.92 Å². The highest BCUT2D eigenvalue weighted by molar-refractivity contribution is 6.05. The number of hydrogen-bond acceptors (Lipinski definition) is 4. The lowest BCUT2D eigenvalue weighted by atomic mass is 10.1. The van der Waals surface area contributed by atoms with Crippen molar-refractivity contribution in [3.63, 3.8) is 0 Å². The lowest BCUT2D eigenvalue weighted by Gasteiger charge is -2.14. The second-order valence-corrected chi connectivity index (χ2v) is 6.45. The van der Waals surface area contributed by atoms with Gasteiger partial charge in [-0.25, -0.2) is 4.39 Å². The minimum Gasteiger partial charge on any atom is -0.495 e. The molecule has 2 aromatic rings. The van der Waals surface area contributed by atoms with E-state index in [1.54, 1.807) is 19.1 Å². The van der Waals surface area contributed by atoms with Crippen molar-refractivity contribution in [2.24, 2.45) is 5.92 Å². The highest BCUT2D eigenvalue weighted by Gasteiger charge is 2.14. The van der Waals surface area contributed by atoms with Gasteiger partial charge < -0.3 is 20.7 Å². The molecule has 0 aliphatic carbocycles. The first-order valence-corrected chi connectivity index (χ1v) is 9.16. The topological polar surface area (TPSA) is 96.5 Å². The number of nitrogens with one attached hydrogen (secondary N) is 3. The summed E-state index contributed by atoms with van der Waals surface area (Å²) >= 11 is 0. The summed E-state index contributed by atoms with van der Waals surface area (Å²) in [5, 5.41) is 7.86. The number of methoxy groups -OCH3 is 1. The van der Waals surface area contributed by atoms with Crippen LogP contribution in [0.5, 0.6) is 5.75 Å². The van der Waals surface area contributed by atoms with Gasteiger partial charge in [0.15, 0.2) is 0 Å². The smallest absolute Gasteiger partial charge is 0.255 e. The van der Waals surface area contributed by atoms with Gasteiger partial charge in [-0.3, -0.25) is 14.4 Å². The van der Waals surface area contributed by atoms with E-state index in [2.05, 4.69) is 16.0 Å². The number of halogens is 1. The summed E-state index contributed by atoms with van der Waals surface area (Å²) in [6.07, 6.45) is 0.681. The zero-order valence-electron chi connectivity index (χ0n) is 16.5. The van der Waals surface area contributed by atoms with Gasteiger partial charge in [-0.05, 0) is 42.8 Å². The maximum Gasteiger partial charge on any atom is 0.255 e. The molecule has 154 valence electrons. The second-order valence-electron chi connectivity index (χ2n) is 6.45. The van der Waals surface area contributed by atoms with Crippen molar-refractivity contribution >= 4 is 29.1 Å². The summed E-state index contributed by atoms with van der Waals surface area (Å²) in [5.41, 5.74) is 0.862. The van der Waals surface area contributed by atoms with Crippen molar-refractivity contribution in [2.45, 2.75) is 20.3 Å². The van der Waals surface area contributed by atoms with Crippen LogP contribution in [0.4, 0.5) is 15.8 Å². The Hall–Kier alpha value is -3.42. The summed E-state index contributed by atoms with van der Waals surface area (Å²) in [4.78, 5) is 36.2. The standard InChI is InChI=1S/C21H24FN3O4/c1-4-13(2)20(27)23-12-19(26)24-16-8-9-18(29-3)17(11-16)25-21(28)14-6-5-7-15(22)10-14/h5-11,13H,4,12H2,1-3H3,(H,23,27)(H,24,26)(H,25,28). The van der Waals surface area contributed by atoms with Crippen molar-refractivity contribution in [3.05, 3.63) is 53.8 Å². The Balaban J connectivity index is 2.07. The van der Waals surface area contributed by atoms with Crippen molar-refractivity contribution in [2.75, 3.05) is 24.3 Å². The molecule has 0 saturated carbocycles. The molecule has 3 N–H and O–H groups in total. The number of amides is 3. The molecule has 8 heteroatoms. The van der Waals surface area contributed by atoms with Crippen LogP contribution in [-0.4, -0.2) is 31.4 Å². The molecule has 2 aromatic carbocycles. The Labute approximate surface area is 168 Å². The van der Waals surface area contributed by atoms with Crippen LogP contribution in [0.2, 0.25) is 0 Å². The van der Waals surface area contributed by atoms with Crippen LogP contribution in [-0.2, 0) is 9.59 Å². The monoisotopic (exact) mass is 401 g/mol. The number of hydrogen-bond donors (Lipinski definition) is 3. The Kier molecular flexibility index (Phi) is 7.70. The van der Waals surface area contributed by atoms with Gasteiger partial charge in [-0.1, -0.05) is 19.9 Å². The summed E-state index contributed by atoms with van der Waals surface area (Å²) in [6.45, 7) is 3.51. The first-order valence-electron chi connectivity index (χ1n) is 9.16. The molecule has 2 rings (SSSR count). The summed E-state index contributed by atoms with van der Waals surface area (Å²) in [6, 6.07) is 9.98. The Morgan fingerprint density at radius 3 is 2.52 bits per heavy atom. The molecule has 7 nitrogen and oxygen atoms in total. The highest BCUT2D eigenvalue weighted by Crippen LogP contribution is 2.28. The van der Waals surface area contributed by atoms with Gasteiger partial charge in [0.2, 0.25) is 11.8 Å². The summed E-state index contributed by atoms with van der Waals surface area (Å²) < 4.78 is 18.6. The fourth-order valence-electron chi connectivity index (χ4n) is 2.44. The summed E-state index contributed by atoms with van der Waals surface area (Å²) in [5.74, 6) is -1.45. The van der Waals surface area contributed by atoms with Crippen LogP contribution in [0.25, 0.3) is 0 Å². The number of anilines is 2. The van der Waals surface area contributed by atoms with E-state index >= 15 is 0 Å². The third-order valence-corrected chi connectivity index (χ3v) is 4.30. The number of ether oxygens (including phenoxy) is 1. The molecule has 0 bridgehead atoms. The van der Waals surface area contributed by atoms with Crippen molar-refractivity contribution in [3.8, 4) is 5.75 Å². The van der Waals surface area contributed by atoms with Crippen molar-refractivity contribution in [1.82, 2.24) is 5.32 Å². The van der Waals surface area contributed by atoms with Crippen molar-refractivity contribution in [1.29, 1.82) is 0 Å². The van der Waals surface area contributed by atoms with E-state index in [0.717, 1.165) is 6.07 Å². The predicted octanol–water partition coefficient (Wildman–Crippen LogP) is 3.19. The van der Waals surface area contributed by atoms with E-state index < -0.39 is 17.6 Å². The lowest BCUT2D eigenvalue weighted by molar-refractivity contribution is -0.126. The number of carbonyl (C=O) groups is 3. The second kappa shape index (κ2) is 10.2. The molecule has 0 heterocycles. The fraction of sp³-hybridized carbons (Fsp3) is 0.286. The van der Waals surface area contributed by atoms with Crippen LogP contribution in [0.1, 0.15) is 30.6 Å². The SMILES string of the molecule is CCC(C)C(=O)NCC(=O)Nc1ccc(OC)c(NC(=O)c2cccc(F)c2)c1. The largest absolute Gasteiger partial charge is 0.495 e. The predicted molar refractivity (Wildman–Crippen MR) is 108 cm³/mol. The minimum absolute atomic E-state index is 0.147. The average molecular weight is 401 g/mol. The Bertz CT molecular complexity index is 901. The first kappa shape index (κ1) is 21.9. The first-order chi connectivity index (χ1) is 13.8. The van der Waals surface area contributed by atoms with E-state index in [9.17, 15) is 18.8 Å². The molecule has 0 aliphatic rings. The number of benzene rings is 2. The Morgan fingerprint density at radius 2 is 1.86 bits per heavy atom. The van der Waals surface area contributed by atoms with E-state index in [1.165, 1.54) is 31.4 Å². The molecule has 1 atom stereocenters. The Morgan fingerprint density at radius 1 is 1.10 bits per heavy atom. The molecule has 29 heavy (non-hydrogen) atoms. The van der Waals surface area contributed by atoms with Crippen LogP contribution in [0, 0.1) is 11.7 Å². The molecule has 0 saturated heterocycles. The highest BCUT2D eigenvalue weighted by atomic mass is 19.1. The lowest BCUT2D eigenvalue weighted by Crippen LogP contribution is -2.35. The minimum atomic E-state index is -0.523. The van der Waals surface area contributed by atoms with Gasteiger partial charge in [0.05, 0.1) is 19.3 Å². The van der Waals surface area contributed by atoms with Crippen LogP contribution in [0.15, 0.2) is 42.5 Å². The number of rotatable bonds is 8. The molecule has 0 radical (unpaired) electrons. The van der Waals surface area contributed by atoms with Gasteiger partial charge in [-0.15, -0.1) is 0 Å².